The van der Waals surface area contributed by atoms with Gasteiger partial charge in [0.2, 0.25) is 0 Å². The summed E-state index contributed by atoms with van der Waals surface area (Å²) in [4.78, 5) is 7.61. The van der Waals surface area contributed by atoms with Crippen LogP contribution in [0.4, 0.5) is 5.69 Å². The van der Waals surface area contributed by atoms with Crippen LogP contribution in [-0.4, -0.2) is 22.5 Å². The molecule has 1 aromatic carbocycles. The minimum absolute atomic E-state index is 0.282. The fourth-order valence-corrected chi connectivity index (χ4v) is 3.98. The fourth-order valence-electron chi connectivity index (χ4n) is 3.24. The van der Waals surface area contributed by atoms with Crippen LogP contribution in [0.5, 0.6) is 0 Å². The average molecular weight is 325 g/mol. The van der Waals surface area contributed by atoms with E-state index in [1.165, 1.54) is 16.0 Å². The molecule has 23 heavy (non-hydrogen) atoms. The molecule has 5 nitrogen and oxygen atoms in total. The second-order valence-corrected chi connectivity index (χ2v) is 6.67. The summed E-state index contributed by atoms with van der Waals surface area (Å²) >= 11 is 1.73. The van der Waals surface area contributed by atoms with Gasteiger partial charge in [-0.3, -0.25) is 0 Å². The van der Waals surface area contributed by atoms with Gasteiger partial charge in [-0.2, -0.15) is 0 Å². The number of rotatable bonds is 2. The van der Waals surface area contributed by atoms with Crippen molar-refractivity contribution >= 4 is 33.9 Å². The van der Waals surface area contributed by atoms with Crippen molar-refractivity contribution in [2.75, 3.05) is 7.05 Å². The van der Waals surface area contributed by atoms with E-state index in [4.69, 9.17) is 11.5 Å². The van der Waals surface area contributed by atoms with Gasteiger partial charge in [0, 0.05) is 41.2 Å². The predicted molar refractivity (Wildman–Crippen MR) is 96.9 cm³/mol. The van der Waals surface area contributed by atoms with Crippen molar-refractivity contribution in [3.8, 4) is 10.4 Å². The normalized spacial score (nSPS) is 17.4. The first-order valence-electron chi connectivity index (χ1n) is 7.64. The van der Waals surface area contributed by atoms with Gasteiger partial charge in [0.05, 0.1) is 11.2 Å². The average Bonchev–Trinajstić information content (AvgIpc) is 3.21. The first-order chi connectivity index (χ1) is 11.1. The monoisotopic (exact) mass is 325 g/mol. The lowest BCUT2D eigenvalue weighted by atomic mass is 9.98. The smallest absolute Gasteiger partial charge is 0.197 e. The molecule has 0 amide bonds. The Labute approximate surface area is 138 Å². The van der Waals surface area contributed by atoms with E-state index in [1.54, 1.807) is 11.3 Å². The zero-order valence-electron chi connectivity index (χ0n) is 13.2. The maximum Gasteiger partial charge on any atom is 0.197 e. The molecule has 0 bridgehead atoms. The lowest BCUT2D eigenvalue weighted by Gasteiger charge is -2.31. The van der Waals surface area contributed by atoms with Crippen molar-refractivity contribution in [1.29, 1.82) is 0 Å². The second-order valence-electron chi connectivity index (χ2n) is 5.72. The predicted octanol–water partition coefficient (Wildman–Crippen LogP) is 3.24. The minimum Gasteiger partial charge on any atom is -0.369 e. The van der Waals surface area contributed by atoms with E-state index in [9.17, 15) is 0 Å². The number of hydrogen-bond donors (Lipinski definition) is 2. The summed E-state index contributed by atoms with van der Waals surface area (Å²) in [6, 6.07) is 8.47. The highest BCUT2D eigenvalue weighted by molar-refractivity contribution is 7.13. The zero-order chi connectivity index (χ0) is 16.1. The quantitative estimate of drug-likeness (QED) is 0.760. The lowest BCUT2D eigenvalue weighted by Crippen LogP contribution is -2.42. The van der Waals surface area contributed by atoms with Crippen molar-refractivity contribution in [2.45, 2.75) is 19.6 Å². The van der Waals surface area contributed by atoms with Crippen molar-refractivity contribution < 1.29 is 0 Å². The molecule has 0 spiro atoms. The third kappa shape index (κ3) is 1.99. The second kappa shape index (κ2) is 5.11. The summed E-state index contributed by atoms with van der Waals surface area (Å²) in [5.74, 6) is 0.455. The molecule has 3 heterocycles. The Morgan fingerprint density at radius 3 is 2.87 bits per heavy atom. The van der Waals surface area contributed by atoms with Crippen LogP contribution in [0.15, 0.2) is 40.8 Å². The molecule has 0 saturated heterocycles. The van der Waals surface area contributed by atoms with E-state index < -0.39 is 0 Å². The molecule has 1 aliphatic heterocycles. The lowest BCUT2D eigenvalue weighted by molar-refractivity contribution is 0.378. The molecule has 1 atom stereocenters. The number of hydrogen-bond acceptors (Lipinski definition) is 5. The van der Waals surface area contributed by atoms with Crippen molar-refractivity contribution in [3.05, 3.63) is 41.4 Å². The standard InChI is InChI=1S/C17H19N5S/c1-3-22-7-6-10-14-12(20-17(19)21(2)16(14)18)9-11(15(10)22)13-5-4-8-23-13/h4-9,16H,3,18H2,1-2H3,(H2,19,20). The number of fused-ring (bicyclic) bond motifs is 3. The third-order valence-corrected chi connectivity index (χ3v) is 5.41. The van der Waals surface area contributed by atoms with Gasteiger partial charge in [0.25, 0.3) is 0 Å². The molecule has 0 aliphatic carbocycles. The van der Waals surface area contributed by atoms with Gasteiger partial charge in [-0.05, 0) is 30.5 Å². The highest BCUT2D eigenvalue weighted by Crippen LogP contribution is 2.43. The summed E-state index contributed by atoms with van der Waals surface area (Å²) in [7, 11) is 1.88. The van der Waals surface area contributed by atoms with Gasteiger partial charge in [-0.25, -0.2) is 4.99 Å². The van der Waals surface area contributed by atoms with Gasteiger partial charge < -0.3 is 20.9 Å². The molecule has 4 rings (SSSR count). The highest BCUT2D eigenvalue weighted by Gasteiger charge is 2.27. The SMILES string of the molecule is CCn1ccc2c3c(cc(-c4cccs4)c21)N=C(N)N(C)C3N. The van der Waals surface area contributed by atoms with Crippen LogP contribution in [0.2, 0.25) is 0 Å². The summed E-state index contributed by atoms with van der Waals surface area (Å²) in [6.07, 6.45) is 1.84. The molecular formula is C17H19N5S. The number of nitrogens with zero attached hydrogens (tertiary/aromatic N) is 3. The van der Waals surface area contributed by atoms with Crippen LogP contribution >= 0.6 is 11.3 Å². The number of benzene rings is 1. The topological polar surface area (TPSA) is 72.6 Å². The van der Waals surface area contributed by atoms with E-state index in [-0.39, 0.29) is 6.17 Å². The molecule has 1 aliphatic rings. The number of aliphatic imine (C=N–C) groups is 1. The Morgan fingerprint density at radius 1 is 1.35 bits per heavy atom. The number of aromatic nitrogens is 1. The van der Waals surface area contributed by atoms with Gasteiger partial charge in [0.1, 0.15) is 6.17 Å². The molecule has 0 radical (unpaired) electrons. The molecule has 3 aromatic rings. The van der Waals surface area contributed by atoms with Crippen LogP contribution in [-0.2, 0) is 6.54 Å². The fraction of sp³-hybridized carbons (Fsp3) is 0.235. The summed E-state index contributed by atoms with van der Waals surface area (Å²) in [5, 5.41) is 3.25. The van der Waals surface area contributed by atoms with E-state index in [1.807, 2.05) is 11.9 Å². The van der Waals surface area contributed by atoms with Crippen LogP contribution in [0.25, 0.3) is 21.3 Å². The van der Waals surface area contributed by atoms with Gasteiger partial charge >= 0.3 is 0 Å². The van der Waals surface area contributed by atoms with Crippen molar-refractivity contribution in [2.24, 2.45) is 16.5 Å². The molecule has 118 valence electrons. The molecular weight excluding hydrogens is 306 g/mol. The summed E-state index contributed by atoms with van der Waals surface area (Å²) in [5.41, 5.74) is 16.8. The first-order valence-corrected chi connectivity index (χ1v) is 8.52. The maximum atomic E-state index is 6.42. The minimum atomic E-state index is -0.282. The Balaban J connectivity index is 2.12. The Hall–Kier alpha value is -2.31. The van der Waals surface area contributed by atoms with Gasteiger partial charge in [-0.1, -0.05) is 6.07 Å². The largest absolute Gasteiger partial charge is 0.369 e. The van der Waals surface area contributed by atoms with Crippen molar-refractivity contribution in [1.82, 2.24) is 9.47 Å². The molecule has 6 heteroatoms. The van der Waals surface area contributed by atoms with Gasteiger partial charge in [0.15, 0.2) is 5.96 Å². The Morgan fingerprint density at radius 2 is 2.17 bits per heavy atom. The van der Waals surface area contributed by atoms with E-state index in [0.717, 1.165) is 23.2 Å². The molecule has 0 saturated carbocycles. The summed E-state index contributed by atoms with van der Waals surface area (Å²) < 4.78 is 2.26. The number of aryl methyl sites for hydroxylation is 1. The number of nitrogens with two attached hydrogens (primary N) is 2. The van der Waals surface area contributed by atoms with Crippen LogP contribution in [0.3, 0.4) is 0 Å². The molecule has 4 N–H and O–H groups in total. The van der Waals surface area contributed by atoms with E-state index in [0.29, 0.717) is 5.96 Å². The summed E-state index contributed by atoms with van der Waals surface area (Å²) in [6.45, 7) is 3.07. The van der Waals surface area contributed by atoms with E-state index in [2.05, 4.69) is 52.3 Å². The van der Waals surface area contributed by atoms with Crippen molar-refractivity contribution in [3.63, 3.8) is 0 Å². The number of guanidine groups is 1. The number of thiophene rings is 1. The van der Waals surface area contributed by atoms with E-state index >= 15 is 0 Å². The zero-order valence-corrected chi connectivity index (χ0v) is 14.0. The van der Waals surface area contributed by atoms with Gasteiger partial charge in [-0.15, -0.1) is 11.3 Å². The van der Waals surface area contributed by atoms with Crippen LogP contribution < -0.4 is 11.5 Å². The first kappa shape index (κ1) is 14.3. The van der Waals surface area contributed by atoms with Crippen LogP contribution in [0, 0.1) is 0 Å². The third-order valence-electron chi connectivity index (χ3n) is 4.50. The molecule has 0 fully saturated rings. The van der Waals surface area contributed by atoms with Crippen LogP contribution in [0.1, 0.15) is 18.7 Å². The molecule has 1 unspecified atom stereocenters. The molecule has 2 aromatic heterocycles. The Bertz CT molecular complexity index is 907. The maximum absolute atomic E-state index is 6.42. The Kier molecular flexibility index (Phi) is 3.18. The highest BCUT2D eigenvalue weighted by atomic mass is 32.1.